The molecule has 4 heteroatoms. The molecule has 0 aliphatic carbocycles. The molecule has 1 heterocycles. The maximum absolute atomic E-state index is 12.0. The topological polar surface area (TPSA) is 47.3 Å². The Hall–Kier alpha value is -1.03. The van der Waals surface area contributed by atoms with Gasteiger partial charge >= 0.3 is 0 Å². The van der Waals surface area contributed by atoms with Crippen LogP contribution in [-0.2, 0) is 9.59 Å². The number of Topliss-reactive ketones (excluding diaryl/α,β-unsaturated/α-hetero) is 1. The van der Waals surface area contributed by atoms with Crippen LogP contribution in [-0.4, -0.2) is 15.6 Å². The van der Waals surface area contributed by atoms with E-state index in [0.717, 1.165) is 0 Å². The SMILES string of the molecule is CC(=O)C[C@H](CC(=O)SC(C)(C)C)c1ccco1. The first-order chi connectivity index (χ1) is 8.28. The average molecular weight is 268 g/mol. The first-order valence-electron chi connectivity index (χ1n) is 6.02. The number of ketones is 1. The fraction of sp³-hybridized carbons (Fsp3) is 0.571. The summed E-state index contributed by atoms with van der Waals surface area (Å²) in [5.41, 5.74) is 0. The van der Waals surface area contributed by atoms with Gasteiger partial charge in [-0.3, -0.25) is 4.79 Å². The standard InChI is InChI=1S/C14H20O3S/c1-10(15)8-11(12-6-5-7-17-12)9-13(16)18-14(2,3)4/h5-7,11H,8-9H2,1-4H3/t11-/m1/s1. The van der Waals surface area contributed by atoms with Gasteiger partial charge < -0.3 is 9.21 Å². The number of carbonyl (C=O) groups is 2. The first kappa shape index (κ1) is 15.0. The molecule has 0 saturated heterocycles. The fourth-order valence-corrected chi connectivity index (χ4v) is 2.70. The molecule has 3 nitrogen and oxygen atoms in total. The molecule has 0 radical (unpaired) electrons. The summed E-state index contributed by atoms with van der Waals surface area (Å²) in [5.74, 6) is 0.651. The number of furan rings is 1. The maximum atomic E-state index is 12.0. The van der Waals surface area contributed by atoms with Crippen molar-refractivity contribution in [1.29, 1.82) is 0 Å². The summed E-state index contributed by atoms with van der Waals surface area (Å²) in [5, 5.41) is 0.102. The van der Waals surface area contributed by atoms with Crippen LogP contribution in [0.1, 0.15) is 52.2 Å². The van der Waals surface area contributed by atoms with Gasteiger partial charge in [-0.15, -0.1) is 0 Å². The van der Waals surface area contributed by atoms with Gasteiger partial charge in [0.25, 0.3) is 0 Å². The molecule has 0 saturated carbocycles. The lowest BCUT2D eigenvalue weighted by Gasteiger charge is -2.18. The molecule has 0 fully saturated rings. The van der Waals surface area contributed by atoms with Gasteiger partial charge in [0.05, 0.1) is 6.26 Å². The van der Waals surface area contributed by atoms with Crippen molar-refractivity contribution in [3.8, 4) is 0 Å². The highest BCUT2D eigenvalue weighted by molar-refractivity contribution is 8.14. The van der Waals surface area contributed by atoms with Crippen LogP contribution >= 0.6 is 11.8 Å². The van der Waals surface area contributed by atoms with E-state index >= 15 is 0 Å². The van der Waals surface area contributed by atoms with Gasteiger partial charge in [-0.05, 0) is 19.1 Å². The molecular formula is C14H20O3S. The van der Waals surface area contributed by atoms with Gasteiger partial charge in [-0.1, -0.05) is 32.5 Å². The second-order valence-electron chi connectivity index (χ2n) is 5.41. The van der Waals surface area contributed by atoms with Crippen molar-refractivity contribution < 1.29 is 14.0 Å². The molecule has 1 atom stereocenters. The maximum Gasteiger partial charge on any atom is 0.190 e. The third-order valence-electron chi connectivity index (χ3n) is 2.31. The Morgan fingerprint density at radius 2 is 2.00 bits per heavy atom. The van der Waals surface area contributed by atoms with Crippen molar-refractivity contribution in [1.82, 2.24) is 0 Å². The third-order valence-corrected chi connectivity index (χ3v) is 3.32. The van der Waals surface area contributed by atoms with Crippen LogP contribution in [0.2, 0.25) is 0 Å². The molecule has 0 amide bonds. The third kappa shape index (κ3) is 5.54. The smallest absolute Gasteiger partial charge is 0.190 e. The van der Waals surface area contributed by atoms with Gasteiger partial charge in [-0.25, -0.2) is 0 Å². The normalized spacial score (nSPS) is 13.3. The predicted molar refractivity (Wildman–Crippen MR) is 73.7 cm³/mol. The largest absolute Gasteiger partial charge is 0.469 e. The van der Waals surface area contributed by atoms with E-state index in [1.807, 2.05) is 26.8 Å². The Labute approximate surface area is 112 Å². The Morgan fingerprint density at radius 1 is 1.33 bits per heavy atom. The predicted octanol–water partition coefficient (Wildman–Crippen LogP) is 3.79. The second-order valence-corrected chi connectivity index (χ2v) is 7.29. The molecule has 0 bridgehead atoms. The lowest BCUT2D eigenvalue weighted by molar-refractivity contribution is -0.117. The molecule has 1 rings (SSSR count). The summed E-state index contributed by atoms with van der Waals surface area (Å²) in [6.07, 6.45) is 2.27. The molecule has 0 N–H and O–H groups in total. The summed E-state index contributed by atoms with van der Waals surface area (Å²) in [7, 11) is 0. The Balaban J connectivity index is 2.68. The highest BCUT2D eigenvalue weighted by atomic mass is 32.2. The van der Waals surface area contributed by atoms with E-state index in [1.165, 1.54) is 18.7 Å². The van der Waals surface area contributed by atoms with Gasteiger partial charge in [0.15, 0.2) is 5.12 Å². The molecule has 0 aliphatic heterocycles. The van der Waals surface area contributed by atoms with Crippen LogP contribution in [0.3, 0.4) is 0 Å². The quantitative estimate of drug-likeness (QED) is 0.815. The molecule has 18 heavy (non-hydrogen) atoms. The van der Waals surface area contributed by atoms with E-state index in [4.69, 9.17) is 4.42 Å². The lowest BCUT2D eigenvalue weighted by Crippen LogP contribution is -2.15. The van der Waals surface area contributed by atoms with Gasteiger partial charge in [-0.2, -0.15) is 0 Å². The second kappa shape index (κ2) is 6.23. The van der Waals surface area contributed by atoms with Crippen molar-refractivity contribution >= 4 is 22.7 Å². The zero-order chi connectivity index (χ0) is 13.8. The van der Waals surface area contributed by atoms with E-state index in [0.29, 0.717) is 18.6 Å². The Bertz CT molecular complexity index is 401. The fourth-order valence-electron chi connectivity index (χ4n) is 1.73. The molecule has 0 unspecified atom stereocenters. The van der Waals surface area contributed by atoms with Crippen LogP contribution in [0.5, 0.6) is 0 Å². The van der Waals surface area contributed by atoms with Crippen molar-refractivity contribution in [3.05, 3.63) is 24.2 Å². The van der Waals surface area contributed by atoms with Gasteiger partial charge in [0.2, 0.25) is 0 Å². The molecular weight excluding hydrogens is 248 g/mol. The van der Waals surface area contributed by atoms with E-state index in [9.17, 15) is 9.59 Å². The molecule has 1 aromatic heterocycles. The lowest BCUT2D eigenvalue weighted by atomic mass is 9.97. The van der Waals surface area contributed by atoms with Gasteiger partial charge in [0.1, 0.15) is 11.5 Å². The molecule has 0 aliphatic rings. The summed E-state index contributed by atoms with van der Waals surface area (Å²) < 4.78 is 5.22. The van der Waals surface area contributed by atoms with E-state index in [-0.39, 0.29) is 21.6 Å². The van der Waals surface area contributed by atoms with E-state index < -0.39 is 0 Å². The van der Waals surface area contributed by atoms with Crippen LogP contribution in [0.15, 0.2) is 22.8 Å². The average Bonchev–Trinajstić information content (AvgIpc) is 2.64. The Kier molecular flexibility index (Phi) is 5.20. The van der Waals surface area contributed by atoms with Crippen molar-refractivity contribution in [3.63, 3.8) is 0 Å². The van der Waals surface area contributed by atoms with Crippen LogP contribution in [0, 0.1) is 0 Å². The zero-order valence-corrected chi connectivity index (χ0v) is 12.2. The number of carbonyl (C=O) groups excluding carboxylic acids is 2. The summed E-state index contributed by atoms with van der Waals surface area (Å²) in [6, 6.07) is 3.60. The number of thioether (sulfide) groups is 1. The number of hydrogen-bond acceptors (Lipinski definition) is 4. The minimum absolute atomic E-state index is 0.0740. The minimum Gasteiger partial charge on any atom is -0.469 e. The van der Waals surface area contributed by atoms with Crippen LogP contribution < -0.4 is 0 Å². The molecule has 0 spiro atoms. The van der Waals surface area contributed by atoms with Gasteiger partial charge in [0, 0.05) is 23.5 Å². The number of hydrogen-bond donors (Lipinski definition) is 0. The highest BCUT2D eigenvalue weighted by Gasteiger charge is 2.24. The summed E-state index contributed by atoms with van der Waals surface area (Å²) >= 11 is 1.32. The van der Waals surface area contributed by atoms with Crippen molar-refractivity contribution in [2.24, 2.45) is 0 Å². The zero-order valence-electron chi connectivity index (χ0n) is 11.4. The van der Waals surface area contributed by atoms with Crippen LogP contribution in [0.25, 0.3) is 0 Å². The van der Waals surface area contributed by atoms with E-state index in [1.54, 1.807) is 12.3 Å². The first-order valence-corrected chi connectivity index (χ1v) is 6.84. The highest BCUT2D eigenvalue weighted by Crippen LogP contribution is 2.31. The molecule has 100 valence electrons. The van der Waals surface area contributed by atoms with Crippen molar-refractivity contribution in [2.75, 3.05) is 0 Å². The Morgan fingerprint density at radius 3 is 2.44 bits per heavy atom. The van der Waals surface area contributed by atoms with Crippen molar-refractivity contribution in [2.45, 2.75) is 51.2 Å². The molecule has 1 aromatic rings. The minimum atomic E-state index is -0.139. The van der Waals surface area contributed by atoms with E-state index in [2.05, 4.69) is 0 Å². The van der Waals surface area contributed by atoms with Crippen LogP contribution in [0.4, 0.5) is 0 Å². The number of rotatable bonds is 5. The summed E-state index contributed by atoms with van der Waals surface area (Å²) in [6.45, 7) is 7.55. The monoisotopic (exact) mass is 268 g/mol. The molecule has 0 aromatic carbocycles. The summed E-state index contributed by atoms with van der Waals surface area (Å²) in [4.78, 5) is 23.2.